The number of aliphatic hydroxyl groups excluding tert-OH is 2. The summed E-state index contributed by atoms with van der Waals surface area (Å²) >= 11 is 0. The first-order valence-corrected chi connectivity index (χ1v) is 3.74. The summed E-state index contributed by atoms with van der Waals surface area (Å²) in [7, 11) is 2.91. The number of methoxy groups -OCH3 is 2. The second-order valence-electron chi connectivity index (χ2n) is 2.71. The minimum absolute atomic E-state index is 0.248. The minimum Gasteiger partial charge on any atom is -0.387 e. The van der Waals surface area contributed by atoms with E-state index in [-0.39, 0.29) is 6.61 Å². The van der Waals surface area contributed by atoms with E-state index in [1.165, 1.54) is 14.2 Å². The Kier molecular flexibility index (Phi) is 3.42. The number of hydrogen-bond acceptors (Lipinski definition) is 5. The van der Waals surface area contributed by atoms with Crippen LogP contribution in [0.1, 0.15) is 0 Å². The summed E-state index contributed by atoms with van der Waals surface area (Å²) in [5.41, 5.74) is 0. The Labute approximate surface area is 70.9 Å². The first kappa shape index (κ1) is 9.88. The maximum Gasteiger partial charge on any atom is 0.184 e. The van der Waals surface area contributed by atoms with Crippen LogP contribution in [0.25, 0.3) is 0 Å². The first-order valence-electron chi connectivity index (χ1n) is 3.74. The Morgan fingerprint density at radius 1 is 1.33 bits per heavy atom. The van der Waals surface area contributed by atoms with E-state index in [2.05, 4.69) is 0 Å². The maximum atomic E-state index is 9.46. The van der Waals surface area contributed by atoms with Crippen LogP contribution >= 0.6 is 0 Å². The second kappa shape index (κ2) is 4.15. The fourth-order valence-corrected chi connectivity index (χ4v) is 1.28. The van der Waals surface area contributed by atoms with Crippen LogP contribution in [0.2, 0.25) is 0 Å². The Bertz CT molecular complexity index is 140. The molecule has 1 unspecified atom stereocenters. The molecule has 0 aromatic carbocycles. The highest BCUT2D eigenvalue weighted by atomic mass is 16.7. The van der Waals surface area contributed by atoms with Crippen molar-refractivity contribution >= 4 is 0 Å². The Morgan fingerprint density at radius 3 is 2.42 bits per heavy atom. The largest absolute Gasteiger partial charge is 0.387 e. The monoisotopic (exact) mass is 178 g/mol. The molecular weight excluding hydrogens is 164 g/mol. The minimum atomic E-state index is -1.06. The molecule has 0 bridgehead atoms. The van der Waals surface area contributed by atoms with Crippen LogP contribution in [0.3, 0.4) is 0 Å². The summed E-state index contributed by atoms with van der Waals surface area (Å²) in [6.45, 7) is 0.248. The molecule has 1 aliphatic heterocycles. The molecule has 0 saturated carbocycles. The highest BCUT2D eigenvalue weighted by Crippen LogP contribution is 2.21. The Hall–Kier alpha value is -0.200. The van der Waals surface area contributed by atoms with Gasteiger partial charge in [-0.05, 0) is 0 Å². The van der Waals surface area contributed by atoms with Crippen molar-refractivity contribution in [2.75, 3.05) is 20.8 Å². The quantitative estimate of drug-likeness (QED) is 0.563. The molecule has 0 radical (unpaired) electrons. The summed E-state index contributed by atoms with van der Waals surface area (Å²) in [4.78, 5) is 0. The predicted octanol–water partition coefficient (Wildman–Crippen LogP) is -1.27. The van der Waals surface area contributed by atoms with Gasteiger partial charge in [0.25, 0.3) is 0 Å². The summed E-state index contributed by atoms with van der Waals surface area (Å²) in [5.74, 6) is 0. The number of rotatable bonds is 3. The lowest BCUT2D eigenvalue weighted by molar-refractivity contribution is -0.141. The average molecular weight is 178 g/mol. The van der Waals surface area contributed by atoms with Crippen molar-refractivity contribution < 1.29 is 24.4 Å². The van der Waals surface area contributed by atoms with E-state index in [4.69, 9.17) is 14.2 Å². The predicted molar refractivity (Wildman–Crippen MR) is 39.6 cm³/mol. The summed E-state index contributed by atoms with van der Waals surface area (Å²) in [6.07, 6.45) is -3.07. The second-order valence-corrected chi connectivity index (χ2v) is 2.71. The first-order chi connectivity index (χ1) is 5.70. The van der Waals surface area contributed by atoms with Crippen molar-refractivity contribution in [3.05, 3.63) is 0 Å². The lowest BCUT2D eigenvalue weighted by Crippen LogP contribution is -2.35. The van der Waals surface area contributed by atoms with Gasteiger partial charge in [-0.3, -0.25) is 0 Å². The molecule has 1 rings (SSSR count). The zero-order valence-electron chi connectivity index (χ0n) is 7.14. The van der Waals surface area contributed by atoms with Crippen LogP contribution in [0, 0.1) is 0 Å². The molecule has 1 heterocycles. The van der Waals surface area contributed by atoms with Crippen molar-refractivity contribution in [2.45, 2.75) is 24.6 Å². The normalized spacial score (nSPS) is 42.0. The van der Waals surface area contributed by atoms with Gasteiger partial charge in [-0.1, -0.05) is 0 Å². The van der Waals surface area contributed by atoms with Gasteiger partial charge in [0.2, 0.25) is 0 Å². The van der Waals surface area contributed by atoms with E-state index >= 15 is 0 Å². The summed E-state index contributed by atoms with van der Waals surface area (Å²) in [5, 5.41) is 18.7. The summed E-state index contributed by atoms with van der Waals surface area (Å²) < 4.78 is 14.6. The third-order valence-electron chi connectivity index (χ3n) is 1.92. The molecule has 72 valence electrons. The molecule has 4 atom stereocenters. The van der Waals surface area contributed by atoms with Crippen molar-refractivity contribution in [2.24, 2.45) is 0 Å². The van der Waals surface area contributed by atoms with E-state index < -0.39 is 24.6 Å². The van der Waals surface area contributed by atoms with Crippen LogP contribution in [-0.2, 0) is 14.2 Å². The van der Waals surface area contributed by atoms with Gasteiger partial charge < -0.3 is 24.4 Å². The van der Waals surface area contributed by atoms with Crippen molar-refractivity contribution in [1.82, 2.24) is 0 Å². The van der Waals surface area contributed by atoms with Gasteiger partial charge in [-0.2, -0.15) is 0 Å². The zero-order chi connectivity index (χ0) is 9.14. The van der Waals surface area contributed by atoms with Crippen LogP contribution in [-0.4, -0.2) is 55.6 Å². The Morgan fingerprint density at radius 2 is 2.00 bits per heavy atom. The molecule has 12 heavy (non-hydrogen) atoms. The van der Waals surface area contributed by atoms with E-state index in [1.807, 2.05) is 0 Å². The van der Waals surface area contributed by atoms with Crippen molar-refractivity contribution in [1.29, 1.82) is 0 Å². The molecule has 1 saturated heterocycles. The smallest absolute Gasteiger partial charge is 0.184 e. The third-order valence-corrected chi connectivity index (χ3v) is 1.92. The fraction of sp³-hybridized carbons (Fsp3) is 1.00. The van der Waals surface area contributed by atoms with Gasteiger partial charge in [0.15, 0.2) is 6.29 Å². The molecule has 2 N–H and O–H groups in total. The van der Waals surface area contributed by atoms with Gasteiger partial charge in [0.1, 0.15) is 18.3 Å². The number of aliphatic hydroxyl groups is 2. The van der Waals surface area contributed by atoms with Crippen LogP contribution in [0.15, 0.2) is 0 Å². The molecule has 5 heteroatoms. The Balaban J connectivity index is 2.49. The lowest BCUT2D eigenvalue weighted by Gasteiger charge is -2.14. The van der Waals surface area contributed by atoms with Crippen molar-refractivity contribution in [3.63, 3.8) is 0 Å². The van der Waals surface area contributed by atoms with E-state index in [1.54, 1.807) is 0 Å². The zero-order valence-corrected chi connectivity index (χ0v) is 7.14. The standard InChI is InChI=1S/C7H14O5/c1-10-3-4-5(8)6(11-2)7(9)12-4/h4-9H,3H2,1-2H3/t4-,5-,6+,7?/m0/s1. The van der Waals surface area contributed by atoms with Gasteiger partial charge >= 0.3 is 0 Å². The van der Waals surface area contributed by atoms with Gasteiger partial charge in [0.05, 0.1) is 6.61 Å². The van der Waals surface area contributed by atoms with E-state index in [0.717, 1.165) is 0 Å². The van der Waals surface area contributed by atoms with E-state index in [9.17, 15) is 10.2 Å². The van der Waals surface area contributed by atoms with Crippen LogP contribution in [0.5, 0.6) is 0 Å². The van der Waals surface area contributed by atoms with Gasteiger partial charge in [-0.25, -0.2) is 0 Å². The molecule has 0 amide bonds. The molecule has 0 spiro atoms. The van der Waals surface area contributed by atoms with Gasteiger partial charge in [0, 0.05) is 14.2 Å². The maximum absolute atomic E-state index is 9.46. The van der Waals surface area contributed by atoms with E-state index in [0.29, 0.717) is 0 Å². The molecule has 1 aliphatic rings. The van der Waals surface area contributed by atoms with Crippen molar-refractivity contribution in [3.8, 4) is 0 Å². The third kappa shape index (κ3) is 1.75. The molecule has 5 nitrogen and oxygen atoms in total. The topological polar surface area (TPSA) is 68.2 Å². The lowest BCUT2D eigenvalue weighted by atomic mass is 10.1. The molecule has 0 aromatic heterocycles. The van der Waals surface area contributed by atoms with Crippen LogP contribution < -0.4 is 0 Å². The highest BCUT2D eigenvalue weighted by Gasteiger charge is 2.42. The van der Waals surface area contributed by atoms with Crippen LogP contribution in [0.4, 0.5) is 0 Å². The summed E-state index contributed by atoms with van der Waals surface area (Å²) in [6, 6.07) is 0. The molecular formula is C7H14O5. The van der Waals surface area contributed by atoms with Gasteiger partial charge in [-0.15, -0.1) is 0 Å². The molecule has 1 fully saturated rings. The SMILES string of the molecule is COC[C@@H]1OC(O)[C@H](OC)[C@H]1O. The highest BCUT2D eigenvalue weighted by molar-refractivity contribution is 4.86. The number of ether oxygens (including phenoxy) is 3. The molecule has 0 aliphatic carbocycles. The average Bonchev–Trinajstić information content (AvgIpc) is 2.29. The fourth-order valence-electron chi connectivity index (χ4n) is 1.28. The number of hydrogen-bond donors (Lipinski definition) is 2. The molecule has 0 aromatic rings.